The number of nitrogens with zero attached hydrogens (tertiary/aromatic N) is 1. The molecule has 2 nitrogen and oxygen atoms in total. The van der Waals surface area contributed by atoms with Gasteiger partial charge in [-0.15, -0.1) is 0 Å². The van der Waals surface area contributed by atoms with Crippen molar-refractivity contribution in [2.45, 2.75) is 32.2 Å². The highest BCUT2D eigenvalue weighted by atomic mass is 16.5. The van der Waals surface area contributed by atoms with Crippen molar-refractivity contribution in [1.82, 2.24) is 0 Å². The van der Waals surface area contributed by atoms with Gasteiger partial charge in [0.25, 0.3) is 0 Å². The molecule has 2 heteroatoms. The van der Waals surface area contributed by atoms with Gasteiger partial charge in [-0.3, -0.25) is 0 Å². The van der Waals surface area contributed by atoms with Crippen molar-refractivity contribution in [3.8, 4) is 5.75 Å². The SMILES string of the molecule is COc1cccc(C[n+]2ccc3c(c2)CCCC3)c1. The van der Waals surface area contributed by atoms with Gasteiger partial charge in [0.1, 0.15) is 5.75 Å². The minimum atomic E-state index is 0.907. The predicted octanol–water partition coefficient (Wildman–Crippen LogP) is 2.91. The average Bonchev–Trinajstić information content (AvgIpc) is 2.47. The quantitative estimate of drug-likeness (QED) is 0.768. The molecular formula is C17H20NO+. The fraction of sp³-hybridized carbons (Fsp3) is 0.353. The smallest absolute Gasteiger partial charge is 0.173 e. The molecule has 0 saturated carbocycles. The average molecular weight is 254 g/mol. The normalized spacial score (nSPS) is 13.9. The molecule has 0 amide bonds. The molecule has 0 N–H and O–H groups in total. The third-order valence-electron chi connectivity index (χ3n) is 3.84. The minimum absolute atomic E-state index is 0.907. The van der Waals surface area contributed by atoms with E-state index in [4.69, 9.17) is 4.74 Å². The Morgan fingerprint density at radius 2 is 1.95 bits per heavy atom. The number of ether oxygens (including phenoxy) is 1. The number of aryl methyl sites for hydroxylation is 2. The molecule has 0 atom stereocenters. The van der Waals surface area contributed by atoms with E-state index in [0.717, 1.165) is 12.3 Å². The number of aromatic nitrogens is 1. The fourth-order valence-corrected chi connectivity index (χ4v) is 2.80. The van der Waals surface area contributed by atoms with Gasteiger partial charge in [0, 0.05) is 17.2 Å². The van der Waals surface area contributed by atoms with E-state index in [0.29, 0.717) is 0 Å². The number of benzene rings is 1. The summed E-state index contributed by atoms with van der Waals surface area (Å²) in [6.45, 7) is 0.907. The summed E-state index contributed by atoms with van der Waals surface area (Å²) in [5.74, 6) is 0.927. The number of methoxy groups -OCH3 is 1. The molecule has 0 aliphatic heterocycles. The van der Waals surface area contributed by atoms with E-state index in [1.165, 1.54) is 42.4 Å². The maximum Gasteiger partial charge on any atom is 0.173 e. The first kappa shape index (κ1) is 12.2. The lowest BCUT2D eigenvalue weighted by atomic mass is 9.93. The van der Waals surface area contributed by atoms with Crippen molar-refractivity contribution >= 4 is 0 Å². The van der Waals surface area contributed by atoms with Crippen LogP contribution in [0.5, 0.6) is 5.75 Å². The summed E-state index contributed by atoms with van der Waals surface area (Å²) in [5, 5.41) is 0. The Balaban J connectivity index is 1.82. The largest absolute Gasteiger partial charge is 0.497 e. The van der Waals surface area contributed by atoms with E-state index >= 15 is 0 Å². The lowest BCUT2D eigenvalue weighted by molar-refractivity contribution is -0.688. The highest BCUT2D eigenvalue weighted by molar-refractivity contribution is 5.28. The Bertz CT molecular complexity index is 577. The summed E-state index contributed by atoms with van der Waals surface area (Å²) in [4.78, 5) is 0. The van der Waals surface area contributed by atoms with Crippen LogP contribution in [0, 0.1) is 0 Å². The molecule has 0 fully saturated rings. The zero-order valence-electron chi connectivity index (χ0n) is 11.4. The van der Waals surface area contributed by atoms with Crippen LogP contribution in [0.1, 0.15) is 29.5 Å². The van der Waals surface area contributed by atoms with Crippen LogP contribution in [-0.2, 0) is 19.4 Å². The first-order chi connectivity index (χ1) is 9.35. The molecule has 0 saturated heterocycles. The van der Waals surface area contributed by atoms with E-state index in [9.17, 15) is 0 Å². The second-order valence-corrected chi connectivity index (χ2v) is 5.23. The molecule has 0 spiro atoms. The molecule has 2 aromatic rings. The van der Waals surface area contributed by atoms with Crippen LogP contribution >= 0.6 is 0 Å². The first-order valence-electron chi connectivity index (χ1n) is 6.99. The molecule has 0 bridgehead atoms. The van der Waals surface area contributed by atoms with E-state index in [2.05, 4.69) is 35.2 Å². The Hall–Kier alpha value is -1.83. The van der Waals surface area contributed by atoms with Gasteiger partial charge >= 0.3 is 0 Å². The van der Waals surface area contributed by atoms with Crippen LogP contribution in [0.2, 0.25) is 0 Å². The highest BCUT2D eigenvalue weighted by Gasteiger charge is 2.13. The van der Waals surface area contributed by atoms with Crippen molar-refractivity contribution in [2.24, 2.45) is 0 Å². The number of rotatable bonds is 3. The third kappa shape index (κ3) is 2.78. The number of pyridine rings is 1. The summed E-state index contributed by atoms with van der Waals surface area (Å²) in [6.07, 6.45) is 9.66. The molecule has 1 aromatic heterocycles. The van der Waals surface area contributed by atoms with Gasteiger partial charge in [0.05, 0.1) is 7.11 Å². The maximum absolute atomic E-state index is 5.27. The first-order valence-corrected chi connectivity index (χ1v) is 6.99. The Labute approximate surface area is 114 Å². The Morgan fingerprint density at radius 3 is 2.79 bits per heavy atom. The third-order valence-corrected chi connectivity index (χ3v) is 3.84. The molecule has 0 radical (unpaired) electrons. The lowest BCUT2D eigenvalue weighted by Crippen LogP contribution is -2.34. The highest BCUT2D eigenvalue weighted by Crippen LogP contribution is 2.19. The van der Waals surface area contributed by atoms with Crippen LogP contribution in [0.4, 0.5) is 0 Å². The second-order valence-electron chi connectivity index (χ2n) is 5.23. The lowest BCUT2D eigenvalue weighted by Gasteiger charge is -2.13. The van der Waals surface area contributed by atoms with E-state index in [-0.39, 0.29) is 0 Å². The number of hydrogen-bond donors (Lipinski definition) is 0. The van der Waals surface area contributed by atoms with Crippen molar-refractivity contribution in [3.05, 3.63) is 59.4 Å². The van der Waals surface area contributed by atoms with E-state index < -0.39 is 0 Å². The molecule has 1 aliphatic carbocycles. The van der Waals surface area contributed by atoms with Gasteiger partial charge in [0.15, 0.2) is 18.9 Å². The van der Waals surface area contributed by atoms with Crippen LogP contribution in [-0.4, -0.2) is 7.11 Å². The number of fused-ring (bicyclic) bond motifs is 1. The van der Waals surface area contributed by atoms with E-state index in [1.807, 2.05) is 12.1 Å². The Morgan fingerprint density at radius 1 is 1.11 bits per heavy atom. The van der Waals surface area contributed by atoms with Gasteiger partial charge in [0.2, 0.25) is 0 Å². The van der Waals surface area contributed by atoms with E-state index in [1.54, 1.807) is 7.11 Å². The molecular weight excluding hydrogens is 234 g/mol. The predicted molar refractivity (Wildman–Crippen MR) is 75.4 cm³/mol. The maximum atomic E-state index is 5.27. The summed E-state index contributed by atoms with van der Waals surface area (Å²) in [6, 6.07) is 10.6. The molecule has 3 rings (SSSR count). The Kier molecular flexibility index (Phi) is 3.49. The minimum Gasteiger partial charge on any atom is -0.497 e. The molecule has 1 aromatic carbocycles. The zero-order chi connectivity index (χ0) is 13.1. The standard InChI is InChI=1S/C17H20NO/c1-19-17-8-4-5-14(11-17)12-18-10-9-15-6-2-3-7-16(15)13-18/h4-5,8-11,13H,2-3,6-7,12H2,1H3/q+1. The molecule has 1 heterocycles. The number of hydrogen-bond acceptors (Lipinski definition) is 1. The van der Waals surface area contributed by atoms with Crippen LogP contribution < -0.4 is 9.30 Å². The van der Waals surface area contributed by atoms with Crippen LogP contribution in [0.3, 0.4) is 0 Å². The second kappa shape index (κ2) is 5.43. The summed E-state index contributed by atoms with van der Waals surface area (Å²) in [5.41, 5.74) is 4.34. The summed E-state index contributed by atoms with van der Waals surface area (Å²) >= 11 is 0. The van der Waals surface area contributed by atoms with Crippen LogP contribution in [0.15, 0.2) is 42.7 Å². The van der Waals surface area contributed by atoms with Gasteiger partial charge in [-0.05, 0) is 43.4 Å². The zero-order valence-corrected chi connectivity index (χ0v) is 11.4. The topological polar surface area (TPSA) is 13.1 Å². The molecule has 19 heavy (non-hydrogen) atoms. The van der Waals surface area contributed by atoms with Crippen molar-refractivity contribution < 1.29 is 9.30 Å². The molecule has 1 aliphatic rings. The summed E-state index contributed by atoms with van der Waals surface area (Å²) < 4.78 is 7.55. The van der Waals surface area contributed by atoms with Crippen LogP contribution in [0.25, 0.3) is 0 Å². The van der Waals surface area contributed by atoms with Gasteiger partial charge in [-0.1, -0.05) is 12.1 Å². The fourth-order valence-electron chi connectivity index (χ4n) is 2.80. The van der Waals surface area contributed by atoms with Gasteiger partial charge in [-0.25, -0.2) is 4.57 Å². The monoisotopic (exact) mass is 254 g/mol. The summed E-state index contributed by atoms with van der Waals surface area (Å²) in [7, 11) is 1.71. The van der Waals surface area contributed by atoms with Crippen molar-refractivity contribution in [3.63, 3.8) is 0 Å². The van der Waals surface area contributed by atoms with Crippen molar-refractivity contribution in [2.75, 3.05) is 7.11 Å². The van der Waals surface area contributed by atoms with Gasteiger partial charge < -0.3 is 4.74 Å². The molecule has 98 valence electrons. The molecule has 0 unspecified atom stereocenters. The van der Waals surface area contributed by atoms with Gasteiger partial charge in [-0.2, -0.15) is 0 Å². The van der Waals surface area contributed by atoms with Crippen molar-refractivity contribution in [1.29, 1.82) is 0 Å².